The first-order valence-electron chi connectivity index (χ1n) is 5.30. The summed E-state index contributed by atoms with van der Waals surface area (Å²) >= 11 is 2.97. The highest BCUT2D eigenvalue weighted by atomic mass is 79.9. The third-order valence-electron chi connectivity index (χ3n) is 2.53. The van der Waals surface area contributed by atoms with E-state index in [9.17, 15) is 24.1 Å². The number of nitro groups is 1. The zero-order chi connectivity index (χ0) is 14.9. The Morgan fingerprint density at radius 2 is 2.10 bits per heavy atom. The fourth-order valence-corrected chi connectivity index (χ4v) is 1.94. The number of H-pyrrole nitrogens is 1. The van der Waals surface area contributed by atoms with Crippen LogP contribution in [0.25, 0.3) is 0 Å². The molecule has 0 aliphatic carbocycles. The van der Waals surface area contributed by atoms with E-state index in [-0.39, 0.29) is 11.0 Å². The molecular formula is C11H7BrFN3O4. The summed E-state index contributed by atoms with van der Waals surface area (Å²) in [5, 5.41) is 10.5. The standard InChI is InChI=1S/C11H7BrFN3O4/c12-7-5-15(11(18)14-10(7)17)4-6-1-2-9(16(19)20)8(13)3-6/h1-3,5H,4H2,(H,14,17,18). The van der Waals surface area contributed by atoms with Crippen molar-refractivity contribution in [3.05, 3.63) is 71.2 Å². The minimum atomic E-state index is -0.982. The molecule has 2 rings (SSSR count). The molecule has 20 heavy (non-hydrogen) atoms. The number of halogens is 2. The number of aromatic amines is 1. The van der Waals surface area contributed by atoms with E-state index < -0.39 is 27.7 Å². The molecule has 1 heterocycles. The van der Waals surface area contributed by atoms with Gasteiger partial charge in [-0.15, -0.1) is 0 Å². The predicted octanol–water partition coefficient (Wildman–Crippen LogP) is 1.39. The Morgan fingerprint density at radius 3 is 2.70 bits per heavy atom. The summed E-state index contributed by atoms with van der Waals surface area (Å²) < 4.78 is 14.7. The van der Waals surface area contributed by atoms with Gasteiger partial charge in [-0.25, -0.2) is 4.79 Å². The molecule has 0 aliphatic rings. The number of nitrogens with one attached hydrogen (secondary N) is 1. The van der Waals surface area contributed by atoms with Crippen molar-refractivity contribution >= 4 is 21.6 Å². The van der Waals surface area contributed by atoms with Crippen LogP contribution in [0.3, 0.4) is 0 Å². The van der Waals surface area contributed by atoms with E-state index in [1.165, 1.54) is 12.3 Å². The fourth-order valence-electron chi connectivity index (χ4n) is 1.59. The van der Waals surface area contributed by atoms with Crippen LogP contribution in [0.2, 0.25) is 0 Å². The summed E-state index contributed by atoms with van der Waals surface area (Å²) in [5.41, 5.74) is -1.50. The van der Waals surface area contributed by atoms with E-state index in [4.69, 9.17) is 0 Å². The Bertz CT molecular complexity index is 799. The minimum absolute atomic E-state index is 0.0247. The van der Waals surface area contributed by atoms with E-state index in [1.54, 1.807) is 0 Å². The van der Waals surface area contributed by atoms with Crippen molar-refractivity contribution in [2.45, 2.75) is 6.54 Å². The molecule has 104 valence electrons. The molecule has 9 heteroatoms. The highest BCUT2D eigenvalue weighted by Crippen LogP contribution is 2.18. The summed E-state index contributed by atoms with van der Waals surface area (Å²) in [5.74, 6) is -0.982. The Labute approximate surface area is 119 Å². The molecule has 2 aromatic rings. The lowest BCUT2D eigenvalue weighted by Crippen LogP contribution is -2.30. The van der Waals surface area contributed by atoms with Gasteiger partial charge >= 0.3 is 11.4 Å². The van der Waals surface area contributed by atoms with E-state index >= 15 is 0 Å². The zero-order valence-corrected chi connectivity index (χ0v) is 11.4. The third kappa shape index (κ3) is 2.82. The van der Waals surface area contributed by atoms with Crippen LogP contribution in [0.4, 0.5) is 10.1 Å². The molecule has 0 spiro atoms. The molecular weight excluding hydrogens is 337 g/mol. The monoisotopic (exact) mass is 343 g/mol. The van der Waals surface area contributed by atoms with Gasteiger partial charge in [0.1, 0.15) is 0 Å². The normalized spacial score (nSPS) is 10.5. The van der Waals surface area contributed by atoms with Gasteiger partial charge in [0.25, 0.3) is 5.56 Å². The first kappa shape index (κ1) is 14.1. The number of nitrogens with zero attached hydrogens (tertiary/aromatic N) is 2. The lowest BCUT2D eigenvalue weighted by Gasteiger charge is -2.05. The van der Waals surface area contributed by atoms with Crippen molar-refractivity contribution in [1.82, 2.24) is 9.55 Å². The van der Waals surface area contributed by atoms with Crippen LogP contribution in [0.15, 0.2) is 38.5 Å². The minimum Gasteiger partial charge on any atom is -0.295 e. The second-order valence-electron chi connectivity index (χ2n) is 3.91. The van der Waals surface area contributed by atoms with Crippen LogP contribution >= 0.6 is 15.9 Å². The second-order valence-corrected chi connectivity index (χ2v) is 4.76. The first-order chi connectivity index (χ1) is 9.38. The molecule has 1 aromatic carbocycles. The smallest absolute Gasteiger partial charge is 0.295 e. The molecule has 0 saturated heterocycles. The lowest BCUT2D eigenvalue weighted by molar-refractivity contribution is -0.387. The Kier molecular flexibility index (Phi) is 3.79. The van der Waals surface area contributed by atoms with Crippen LogP contribution in [0, 0.1) is 15.9 Å². The van der Waals surface area contributed by atoms with E-state index in [0.717, 1.165) is 16.7 Å². The summed E-state index contributed by atoms with van der Waals surface area (Å²) in [4.78, 5) is 34.4. The molecule has 1 N–H and O–H groups in total. The highest BCUT2D eigenvalue weighted by Gasteiger charge is 2.14. The number of nitro benzene ring substituents is 1. The van der Waals surface area contributed by atoms with Gasteiger partial charge in [0.2, 0.25) is 5.82 Å². The summed E-state index contributed by atoms with van der Waals surface area (Å²) in [6.45, 7) is -0.0247. The quantitative estimate of drug-likeness (QED) is 0.672. The number of rotatable bonds is 3. The van der Waals surface area contributed by atoms with Crippen molar-refractivity contribution in [2.75, 3.05) is 0 Å². The molecule has 7 nitrogen and oxygen atoms in total. The number of hydrogen-bond donors (Lipinski definition) is 1. The van der Waals surface area contributed by atoms with Gasteiger partial charge in [-0.3, -0.25) is 24.5 Å². The van der Waals surface area contributed by atoms with Crippen LogP contribution in [0.1, 0.15) is 5.56 Å². The van der Waals surface area contributed by atoms with Crippen molar-refractivity contribution < 1.29 is 9.31 Å². The first-order valence-corrected chi connectivity index (χ1v) is 6.10. The van der Waals surface area contributed by atoms with Gasteiger partial charge in [-0.1, -0.05) is 6.07 Å². The molecule has 0 saturated carbocycles. The summed E-state index contributed by atoms with van der Waals surface area (Å²) in [6, 6.07) is 3.34. The number of benzene rings is 1. The number of hydrogen-bond acceptors (Lipinski definition) is 4. The highest BCUT2D eigenvalue weighted by molar-refractivity contribution is 9.10. The average molecular weight is 344 g/mol. The average Bonchev–Trinajstić information content (AvgIpc) is 2.35. The summed E-state index contributed by atoms with van der Waals surface area (Å²) in [7, 11) is 0. The molecule has 0 fully saturated rings. The van der Waals surface area contributed by atoms with Crippen molar-refractivity contribution in [1.29, 1.82) is 0 Å². The second kappa shape index (κ2) is 5.37. The molecule has 0 aliphatic heterocycles. The van der Waals surface area contributed by atoms with Gasteiger partial charge < -0.3 is 0 Å². The molecule has 0 amide bonds. The van der Waals surface area contributed by atoms with Crippen LogP contribution in [-0.2, 0) is 6.54 Å². The van der Waals surface area contributed by atoms with E-state index in [1.807, 2.05) is 0 Å². The zero-order valence-electron chi connectivity index (χ0n) is 9.80. The molecule has 0 bridgehead atoms. The summed E-state index contributed by atoms with van der Waals surface area (Å²) in [6.07, 6.45) is 1.26. The van der Waals surface area contributed by atoms with Gasteiger partial charge in [0, 0.05) is 12.3 Å². The maximum Gasteiger partial charge on any atom is 0.328 e. The van der Waals surface area contributed by atoms with Gasteiger partial charge in [0.05, 0.1) is 15.9 Å². The fraction of sp³-hybridized carbons (Fsp3) is 0.0909. The Hall–Kier alpha value is -2.29. The Balaban J connectivity index is 2.38. The van der Waals surface area contributed by atoms with Crippen LogP contribution < -0.4 is 11.2 Å². The maximum atomic E-state index is 13.5. The van der Waals surface area contributed by atoms with Crippen molar-refractivity contribution in [2.24, 2.45) is 0 Å². The largest absolute Gasteiger partial charge is 0.328 e. The van der Waals surface area contributed by atoms with Crippen LogP contribution in [-0.4, -0.2) is 14.5 Å². The third-order valence-corrected chi connectivity index (χ3v) is 3.09. The molecule has 0 atom stereocenters. The van der Waals surface area contributed by atoms with E-state index in [0.29, 0.717) is 5.56 Å². The number of aromatic nitrogens is 2. The predicted molar refractivity (Wildman–Crippen MR) is 71.2 cm³/mol. The lowest BCUT2D eigenvalue weighted by atomic mass is 10.2. The topological polar surface area (TPSA) is 98.0 Å². The SMILES string of the molecule is O=c1[nH]c(=O)n(Cc2ccc([N+](=O)[O-])c(F)c2)cc1Br. The van der Waals surface area contributed by atoms with Crippen molar-refractivity contribution in [3.63, 3.8) is 0 Å². The maximum absolute atomic E-state index is 13.5. The van der Waals surface area contributed by atoms with Gasteiger partial charge in [-0.2, -0.15) is 4.39 Å². The van der Waals surface area contributed by atoms with E-state index in [2.05, 4.69) is 20.9 Å². The van der Waals surface area contributed by atoms with Crippen LogP contribution in [0.5, 0.6) is 0 Å². The van der Waals surface area contributed by atoms with Gasteiger partial charge in [-0.05, 0) is 27.6 Å². The molecule has 0 radical (unpaired) electrons. The van der Waals surface area contributed by atoms with Gasteiger partial charge in [0.15, 0.2) is 0 Å². The molecule has 1 aromatic heterocycles. The molecule has 0 unspecified atom stereocenters. The van der Waals surface area contributed by atoms with Crippen molar-refractivity contribution in [3.8, 4) is 0 Å². The Morgan fingerprint density at radius 1 is 1.40 bits per heavy atom.